The van der Waals surface area contributed by atoms with Crippen LogP contribution in [0.2, 0.25) is 4.34 Å². The van der Waals surface area contributed by atoms with Crippen LogP contribution in [0.1, 0.15) is 30.7 Å². The average Bonchev–Trinajstić information content (AvgIpc) is 2.96. The van der Waals surface area contributed by atoms with Crippen molar-refractivity contribution in [2.75, 3.05) is 13.2 Å². The van der Waals surface area contributed by atoms with Gasteiger partial charge in [-0.1, -0.05) is 18.5 Å². The van der Waals surface area contributed by atoms with Gasteiger partial charge in [0, 0.05) is 17.5 Å². The van der Waals surface area contributed by atoms with E-state index in [0.29, 0.717) is 6.61 Å². The van der Waals surface area contributed by atoms with E-state index < -0.39 is 0 Å². The Morgan fingerprint density at radius 3 is 3.00 bits per heavy atom. The largest absolute Gasteiger partial charge is 0.379 e. The molecule has 17 heavy (non-hydrogen) atoms. The zero-order valence-corrected chi connectivity index (χ0v) is 11.5. The maximum absolute atomic E-state index is 6.13. The molecular weight excluding hydrogens is 258 g/mol. The third kappa shape index (κ3) is 3.42. The van der Waals surface area contributed by atoms with Gasteiger partial charge in [-0.2, -0.15) is 0 Å². The minimum Gasteiger partial charge on any atom is -0.379 e. The summed E-state index contributed by atoms with van der Waals surface area (Å²) in [7, 11) is 0. The van der Waals surface area contributed by atoms with Crippen molar-refractivity contribution in [1.29, 1.82) is 0 Å². The molecular formula is C12H18ClNO2S. The molecule has 2 heterocycles. The number of hydrogen-bond acceptors (Lipinski definition) is 4. The van der Waals surface area contributed by atoms with Gasteiger partial charge in [-0.3, -0.25) is 0 Å². The molecule has 2 N–H and O–H groups in total. The standard InChI is InChI=1S/C12H18ClNO2S/c1-2-9(14)12(10-3-4-11(13)17-10)16-8-5-6-15-7-8/h3-4,8-9,12H,2,5-7,14H2,1H3. The second kappa shape index (κ2) is 6.16. The van der Waals surface area contributed by atoms with E-state index in [0.717, 1.165) is 28.7 Å². The maximum Gasteiger partial charge on any atom is 0.107 e. The monoisotopic (exact) mass is 275 g/mol. The molecule has 96 valence electrons. The summed E-state index contributed by atoms with van der Waals surface area (Å²) in [5.41, 5.74) is 6.13. The highest BCUT2D eigenvalue weighted by molar-refractivity contribution is 7.16. The third-order valence-electron chi connectivity index (χ3n) is 2.96. The van der Waals surface area contributed by atoms with Crippen molar-refractivity contribution in [3.8, 4) is 0 Å². The van der Waals surface area contributed by atoms with Gasteiger partial charge in [0.05, 0.1) is 17.0 Å². The second-order valence-electron chi connectivity index (χ2n) is 4.26. The number of rotatable bonds is 5. The molecule has 0 bridgehead atoms. The minimum atomic E-state index is -0.0656. The molecule has 3 atom stereocenters. The van der Waals surface area contributed by atoms with Crippen LogP contribution in [0.4, 0.5) is 0 Å². The van der Waals surface area contributed by atoms with E-state index in [9.17, 15) is 0 Å². The van der Waals surface area contributed by atoms with E-state index in [2.05, 4.69) is 6.92 Å². The molecule has 1 saturated heterocycles. The highest BCUT2D eigenvalue weighted by Crippen LogP contribution is 2.33. The molecule has 1 aliphatic rings. The fraction of sp³-hybridized carbons (Fsp3) is 0.667. The van der Waals surface area contributed by atoms with Gasteiger partial charge in [0.2, 0.25) is 0 Å². The van der Waals surface area contributed by atoms with Crippen LogP contribution in [0.25, 0.3) is 0 Å². The Balaban J connectivity index is 2.07. The van der Waals surface area contributed by atoms with Gasteiger partial charge < -0.3 is 15.2 Å². The number of hydrogen-bond donors (Lipinski definition) is 1. The molecule has 1 fully saturated rings. The molecule has 0 saturated carbocycles. The van der Waals surface area contributed by atoms with E-state index in [1.807, 2.05) is 12.1 Å². The molecule has 2 rings (SSSR count). The molecule has 0 amide bonds. The van der Waals surface area contributed by atoms with Crippen molar-refractivity contribution in [2.24, 2.45) is 5.73 Å². The minimum absolute atomic E-state index is 0.00492. The first kappa shape index (κ1) is 13.3. The molecule has 3 unspecified atom stereocenters. The summed E-state index contributed by atoms with van der Waals surface area (Å²) in [5.74, 6) is 0. The smallest absolute Gasteiger partial charge is 0.107 e. The normalized spacial score (nSPS) is 23.8. The highest BCUT2D eigenvalue weighted by atomic mass is 35.5. The molecule has 0 radical (unpaired) electrons. The lowest BCUT2D eigenvalue weighted by molar-refractivity contribution is -0.0283. The van der Waals surface area contributed by atoms with Crippen molar-refractivity contribution >= 4 is 22.9 Å². The van der Waals surface area contributed by atoms with Crippen LogP contribution < -0.4 is 5.73 Å². The van der Waals surface area contributed by atoms with E-state index in [1.165, 1.54) is 0 Å². The van der Waals surface area contributed by atoms with Crippen LogP contribution in [0.15, 0.2) is 12.1 Å². The number of nitrogens with two attached hydrogens (primary N) is 1. The summed E-state index contributed by atoms with van der Waals surface area (Å²) < 4.78 is 12.2. The fourth-order valence-corrected chi connectivity index (χ4v) is 3.08. The van der Waals surface area contributed by atoms with Gasteiger partial charge in [0.15, 0.2) is 0 Å². The predicted octanol–water partition coefficient (Wildman–Crippen LogP) is 2.99. The fourth-order valence-electron chi connectivity index (χ4n) is 1.90. The predicted molar refractivity (Wildman–Crippen MR) is 70.6 cm³/mol. The lowest BCUT2D eigenvalue weighted by Crippen LogP contribution is -2.32. The summed E-state index contributed by atoms with van der Waals surface area (Å²) in [4.78, 5) is 1.11. The Morgan fingerprint density at radius 2 is 2.47 bits per heavy atom. The van der Waals surface area contributed by atoms with E-state index in [-0.39, 0.29) is 18.2 Å². The van der Waals surface area contributed by atoms with Gasteiger partial charge in [0.1, 0.15) is 6.10 Å². The Bertz CT molecular complexity index is 352. The molecule has 3 nitrogen and oxygen atoms in total. The quantitative estimate of drug-likeness (QED) is 0.898. The van der Waals surface area contributed by atoms with Crippen molar-refractivity contribution in [1.82, 2.24) is 0 Å². The molecule has 1 aromatic rings. The SMILES string of the molecule is CCC(N)C(OC1CCOC1)c1ccc(Cl)s1. The van der Waals surface area contributed by atoms with Crippen LogP contribution in [-0.2, 0) is 9.47 Å². The van der Waals surface area contributed by atoms with Crippen LogP contribution in [0.5, 0.6) is 0 Å². The Hall–Kier alpha value is -0.130. The number of ether oxygens (including phenoxy) is 2. The first-order valence-corrected chi connectivity index (χ1v) is 7.14. The lowest BCUT2D eigenvalue weighted by Gasteiger charge is -2.25. The highest BCUT2D eigenvalue weighted by Gasteiger charge is 2.27. The lowest BCUT2D eigenvalue weighted by atomic mass is 10.1. The van der Waals surface area contributed by atoms with Crippen molar-refractivity contribution < 1.29 is 9.47 Å². The summed E-state index contributed by atoms with van der Waals surface area (Å²) >= 11 is 7.51. The Kier molecular flexibility index (Phi) is 4.82. The first-order valence-electron chi connectivity index (χ1n) is 5.94. The van der Waals surface area contributed by atoms with Gasteiger partial charge >= 0.3 is 0 Å². The average molecular weight is 276 g/mol. The van der Waals surface area contributed by atoms with Crippen LogP contribution in [0, 0.1) is 0 Å². The van der Waals surface area contributed by atoms with E-state index >= 15 is 0 Å². The van der Waals surface area contributed by atoms with Gasteiger partial charge in [-0.05, 0) is 25.0 Å². The zero-order chi connectivity index (χ0) is 12.3. The summed E-state index contributed by atoms with van der Waals surface area (Å²) in [6, 6.07) is 3.90. The van der Waals surface area contributed by atoms with Crippen molar-refractivity contribution in [2.45, 2.75) is 38.0 Å². The van der Waals surface area contributed by atoms with E-state index in [1.54, 1.807) is 11.3 Å². The molecule has 0 spiro atoms. The van der Waals surface area contributed by atoms with Crippen LogP contribution >= 0.6 is 22.9 Å². The molecule has 1 aliphatic heterocycles. The summed E-state index contributed by atoms with van der Waals surface area (Å²) in [6.45, 7) is 3.53. The van der Waals surface area contributed by atoms with Gasteiger partial charge in [-0.15, -0.1) is 11.3 Å². The molecule has 0 aromatic carbocycles. The van der Waals surface area contributed by atoms with Crippen LogP contribution in [-0.4, -0.2) is 25.4 Å². The Morgan fingerprint density at radius 1 is 1.65 bits per heavy atom. The van der Waals surface area contributed by atoms with Gasteiger partial charge in [-0.25, -0.2) is 0 Å². The molecule has 5 heteroatoms. The first-order chi connectivity index (χ1) is 8.20. The second-order valence-corrected chi connectivity index (χ2v) is 6.00. The molecule has 0 aliphatic carbocycles. The summed E-state index contributed by atoms with van der Waals surface area (Å²) in [6.07, 6.45) is 1.93. The van der Waals surface area contributed by atoms with Gasteiger partial charge in [0.25, 0.3) is 0 Å². The van der Waals surface area contributed by atoms with Crippen molar-refractivity contribution in [3.05, 3.63) is 21.3 Å². The maximum atomic E-state index is 6.13. The zero-order valence-electron chi connectivity index (χ0n) is 9.90. The topological polar surface area (TPSA) is 44.5 Å². The van der Waals surface area contributed by atoms with Crippen molar-refractivity contribution in [3.63, 3.8) is 0 Å². The number of thiophene rings is 1. The van der Waals surface area contributed by atoms with Crippen LogP contribution in [0.3, 0.4) is 0 Å². The third-order valence-corrected chi connectivity index (χ3v) is 4.25. The Labute approximate surface area is 111 Å². The summed E-state index contributed by atoms with van der Waals surface area (Å²) in [5, 5.41) is 0. The number of halogens is 1. The molecule has 1 aromatic heterocycles. The van der Waals surface area contributed by atoms with E-state index in [4.69, 9.17) is 26.8 Å².